The lowest BCUT2D eigenvalue weighted by molar-refractivity contribution is -0.136. The zero-order valence-corrected chi connectivity index (χ0v) is 20.6. The van der Waals surface area contributed by atoms with E-state index < -0.39 is 17.3 Å². The molecule has 0 bridgehead atoms. The normalized spacial score (nSPS) is 15.5. The minimum absolute atomic E-state index is 0.0379. The minimum Gasteiger partial charge on any atom is -0.353 e. The number of benzene rings is 1. The van der Waals surface area contributed by atoms with Crippen molar-refractivity contribution in [3.8, 4) is 5.69 Å². The second-order valence-corrected chi connectivity index (χ2v) is 9.51. The van der Waals surface area contributed by atoms with Crippen molar-refractivity contribution >= 4 is 10.9 Å². The molecule has 5 rings (SSSR count). The third kappa shape index (κ3) is 3.93. The van der Waals surface area contributed by atoms with E-state index in [0.29, 0.717) is 17.9 Å². The van der Waals surface area contributed by atoms with Crippen molar-refractivity contribution in [2.45, 2.75) is 51.2 Å². The van der Waals surface area contributed by atoms with E-state index in [-0.39, 0.29) is 16.3 Å². The van der Waals surface area contributed by atoms with Gasteiger partial charge < -0.3 is 9.55 Å². The highest BCUT2D eigenvalue weighted by molar-refractivity contribution is 5.84. The summed E-state index contributed by atoms with van der Waals surface area (Å²) in [6.07, 6.45) is 0.682. The maximum absolute atomic E-state index is 14.2. The summed E-state index contributed by atoms with van der Waals surface area (Å²) in [5.74, 6) is 0.815. The van der Waals surface area contributed by atoms with Crippen molar-refractivity contribution in [2.24, 2.45) is 7.05 Å². The van der Waals surface area contributed by atoms with Crippen LogP contribution in [0.4, 0.5) is 13.2 Å². The number of rotatable bonds is 7. The van der Waals surface area contributed by atoms with E-state index in [9.17, 15) is 18.0 Å². The Morgan fingerprint density at radius 1 is 1.17 bits per heavy atom. The number of aromatic nitrogens is 5. The van der Waals surface area contributed by atoms with Gasteiger partial charge in [-0.2, -0.15) is 13.2 Å². The van der Waals surface area contributed by atoms with Gasteiger partial charge in [0.15, 0.2) is 0 Å². The van der Waals surface area contributed by atoms with Gasteiger partial charge in [-0.3, -0.25) is 14.3 Å². The predicted octanol–water partition coefficient (Wildman–Crippen LogP) is 4.78. The largest absolute Gasteiger partial charge is 0.418 e. The van der Waals surface area contributed by atoms with Gasteiger partial charge in [-0.15, -0.1) is 10.2 Å². The molecule has 1 aliphatic rings. The topological polar surface area (TPSA) is 71.7 Å². The Hall–Kier alpha value is -3.40. The molecule has 0 radical (unpaired) electrons. The van der Waals surface area contributed by atoms with E-state index in [1.54, 1.807) is 24.5 Å². The molecule has 4 aromatic rings. The highest BCUT2D eigenvalue weighted by Gasteiger charge is 2.44. The molecule has 1 saturated carbocycles. The maximum Gasteiger partial charge on any atom is 0.418 e. The summed E-state index contributed by atoms with van der Waals surface area (Å²) in [7, 11) is 1.88. The van der Waals surface area contributed by atoms with Crippen LogP contribution in [-0.4, -0.2) is 42.3 Å². The Labute approximate surface area is 206 Å². The molecular formula is C26H29F3N6O. The number of hydrogen-bond acceptors (Lipinski definition) is 4. The van der Waals surface area contributed by atoms with Crippen LogP contribution in [0.15, 0.2) is 47.7 Å². The molecule has 0 aliphatic heterocycles. The lowest BCUT2D eigenvalue weighted by atomic mass is 9.63. The summed E-state index contributed by atoms with van der Waals surface area (Å²) >= 11 is 0. The number of aromatic amines is 1. The minimum atomic E-state index is -4.62. The summed E-state index contributed by atoms with van der Waals surface area (Å²) in [5, 5.41) is 8.24. The molecule has 0 amide bonds. The Balaban J connectivity index is 1.66. The van der Waals surface area contributed by atoms with E-state index in [2.05, 4.69) is 20.1 Å². The number of alkyl halides is 3. The van der Waals surface area contributed by atoms with E-state index in [1.165, 1.54) is 6.07 Å². The van der Waals surface area contributed by atoms with E-state index >= 15 is 0 Å². The standard InChI is InChI=1S/C26H29F3N6O/c1-4-34(5-2)14-18-13-20-21(26(27,28)29)15-35(23(36)22(20)31-18)19-9-6-8-17(12-19)25(10-7-11-25)24-32-30-16-33(24)3/h6,8-9,12-13,15-16,31H,4-5,7,10-11,14H2,1-3H3. The van der Waals surface area contributed by atoms with Crippen LogP contribution in [0.1, 0.15) is 55.8 Å². The van der Waals surface area contributed by atoms with E-state index in [4.69, 9.17) is 0 Å². The van der Waals surface area contributed by atoms with Gasteiger partial charge in [0.1, 0.15) is 17.7 Å². The molecule has 0 unspecified atom stereocenters. The smallest absolute Gasteiger partial charge is 0.353 e. The zero-order valence-electron chi connectivity index (χ0n) is 20.6. The number of fused-ring (bicyclic) bond motifs is 1. The number of pyridine rings is 1. The second kappa shape index (κ2) is 8.92. The lowest BCUT2D eigenvalue weighted by Crippen LogP contribution is -2.38. The highest BCUT2D eigenvalue weighted by atomic mass is 19.4. The Kier molecular flexibility index (Phi) is 6.02. The zero-order chi connectivity index (χ0) is 25.7. The van der Waals surface area contributed by atoms with Gasteiger partial charge in [0.25, 0.3) is 5.56 Å². The number of nitrogens with zero attached hydrogens (tertiary/aromatic N) is 5. The molecule has 3 heterocycles. The van der Waals surface area contributed by atoms with E-state index in [1.807, 2.05) is 31.5 Å². The average Bonchev–Trinajstić information content (AvgIpc) is 3.43. The van der Waals surface area contributed by atoms with Crippen molar-refractivity contribution < 1.29 is 13.2 Å². The van der Waals surface area contributed by atoms with Gasteiger partial charge in [0.2, 0.25) is 0 Å². The molecule has 190 valence electrons. The van der Waals surface area contributed by atoms with Crippen molar-refractivity contribution in [3.63, 3.8) is 0 Å². The predicted molar refractivity (Wildman–Crippen MR) is 131 cm³/mol. The van der Waals surface area contributed by atoms with Crippen molar-refractivity contribution in [3.05, 3.63) is 75.9 Å². The van der Waals surface area contributed by atoms with Gasteiger partial charge >= 0.3 is 6.18 Å². The number of halogens is 3. The van der Waals surface area contributed by atoms with Crippen LogP contribution in [-0.2, 0) is 25.2 Å². The molecule has 10 heteroatoms. The van der Waals surface area contributed by atoms with Gasteiger partial charge in [0, 0.05) is 36.6 Å². The second-order valence-electron chi connectivity index (χ2n) is 9.51. The van der Waals surface area contributed by atoms with Crippen LogP contribution >= 0.6 is 0 Å². The SMILES string of the molecule is CCN(CC)Cc1cc2c(C(F)(F)F)cn(-c3cccc(C4(c5nncn5C)CCC4)c3)c(=O)c2[nH]1. The molecule has 0 spiro atoms. The summed E-state index contributed by atoms with van der Waals surface area (Å²) in [6.45, 7) is 5.92. The van der Waals surface area contributed by atoms with Crippen LogP contribution in [0.5, 0.6) is 0 Å². The van der Waals surface area contributed by atoms with Gasteiger partial charge in [-0.05, 0) is 49.7 Å². The van der Waals surface area contributed by atoms with Gasteiger partial charge in [-0.25, -0.2) is 0 Å². The molecule has 0 saturated heterocycles. The van der Waals surface area contributed by atoms with Crippen molar-refractivity contribution in [1.29, 1.82) is 0 Å². The highest BCUT2D eigenvalue weighted by Crippen LogP contribution is 2.48. The van der Waals surface area contributed by atoms with Crippen LogP contribution in [0.25, 0.3) is 16.6 Å². The fraction of sp³-hybridized carbons (Fsp3) is 0.423. The van der Waals surface area contributed by atoms with Gasteiger partial charge in [0.05, 0.1) is 11.0 Å². The first kappa shape index (κ1) is 24.3. The molecule has 1 fully saturated rings. The monoisotopic (exact) mass is 498 g/mol. The summed E-state index contributed by atoms with van der Waals surface area (Å²) in [5.41, 5.74) is 0.126. The number of nitrogens with one attached hydrogen (secondary N) is 1. The molecule has 3 aromatic heterocycles. The van der Waals surface area contributed by atoms with Crippen LogP contribution in [0.3, 0.4) is 0 Å². The number of H-pyrrole nitrogens is 1. The first-order valence-electron chi connectivity index (χ1n) is 12.2. The average molecular weight is 499 g/mol. The molecule has 1 N–H and O–H groups in total. The number of aryl methyl sites for hydroxylation is 1. The summed E-state index contributed by atoms with van der Waals surface area (Å²) in [6, 6.07) is 8.66. The third-order valence-electron chi connectivity index (χ3n) is 7.47. The molecule has 0 atom stereocenters. The first-order valence-corrected chi connectivity index (χ1v) is 12.2. The lowest BCUT2D eigenvalue weighted by Gasteiger charge is -2.41. The summed E-state index contributed by atoms with van der Waals surface area (Å²) < 4.78 is 45.4. The van der Waals surface area contributed by atoms with Crippen LogP contribution in [0, 0.1) is 0 Å². The molecular weight excluding hydrogens is 469 g/mol. The third-order valence-corrected chi connectivity index (χ3v) is 7.47. The van der Waals surface area contributed by atoms with Crippen molar-refractivity contribution in [1.82, 2.24) is 29.2 Å². The maximum atomic E-state index is 14.2. The number of hydrogen-bond donors (Lipinski definition) is 1. The fourth-order valence-electron chi connectivity index (χ4n) is 5.30. The van der Waals surface area contributed by atoms with Crippen LogP contribution in [0.2, 0.25) is 0 Å². The Morgan fingerprint density at radius 2 is 1.92 bits per heavy atom. The fourth-order valence-corrected chi connectivity index (χ4v) is 5.30. The van der Waals surface area contributed by atoms with E-state index in [0.717, 1.165) is 54.5 Å². The Morgan fingerprint density at radius 3 is 2.50 bits per heavy atom. The Bertz CT molecular complexity index is 1460. The van der Waals surface area contributed by atoms with Crippen LogP contribution < -0.4 is 5.56 Å². The molecule has 1 aliphatic carbocycles. The van der Waals surface area contributed by atoms with Crippen molar-refractivity contribution in [2.75, 3.05) is 13.1 Å². The first-order chi connectivity index (χ1) is 17.2. The molecule has 7 nitrogen and oxygen atoms in total. The summed E-state index contributed by atoms with van der Waals surface area (Å²) in [4.78, 5) is 18.6. The van der Waals surface area contributed by atoms with Gasteiger partial charge in [-0.1, -0.05) is 32.4 Å². The molecule has 36 heavy (non-hydrogen) atoms. The molecule has 1 aromatic carbocycles. The quantitative estimate of drug-likeness (QED) is 0.398.